The first kappa shape index (κ1) is 13.8. The molecule has 0 saturated heterocycles. The summed E-state index contributed by atoms with van der Waals surface area (Å²) in [5.74, 6) is -0.302. The minimum absolute atomic E-state index is 0.0180. The van der Waals surface area contributed by atoms with E-state index in [1.54, 1.807) is 6.07 Å². The van der Waals surface area contributed by atoms with Crippen molar-refractivity contribution in [1.82, 2.24) is 0 Å². The van der Waals surface area contributed by atoms with Crippen molar-refractivity contribution in [3.05, 3.63) is 65.0 Å². The molecule has 1 atom stereocenters. The summed E-state index contributed by atoms with van der Waals surface area (Å²) in [6.07, 6.45) is 3.63. The second-order valence-electron chi connectivity index (χ2n) is 5.65. The predicted octanol–water partition coefficient (Wildman–Crippen LogP) is 4.10. The first-order valence-corrected chi connectivity index (χ1v) is 7.31. The van der Waals surface area contributed by atoms with Gasteiger partial charge >= 0.3 is 0 Å². The summed E-state index contributed by atoms with van der Waals surface area (Å²) in [5, 5.41) is 0. The van der Waals surface area contributed by atoms with Crippen LogP contribution < -0.4 is 5.73 Å². The summed E-state index contributed by atoms with van der Waals surface area (Å²) in [4.78, 5) is 12.4. The van der Waals surface area contributed by atoms with Crippen molar-refractivity contribution in [2.24, 2.45) is 0 Å². The Kier molecular flexibility index (Phi) is 3.74. The zero-order valence-corrected chi connectivity index (χ0v) is 11.8. The summed E-state index contributed by atoms with van der Waals surface area (Å²) < 4.78 is 13.5. The Hall–Kier alpha value is -2.16. The molecule has 2 N–H and O–H groups in total. The van der Waals surface area contributed by atoms with Crippen LogP contribution in [0.2, 0.25) is 0 Å². The first-order chi connectivity index (χ1) is 10.1. The Morgan fingerprint density at radius 1 is 1.24 bits per heavy atom. The summed E-state index contributed by atoms with van der Waals surface area (Å²) in [6.45, 7) is 0. The lowest BCUT2D eigenvalue weighted by molar-refractivity contribution is 0.0970. The third-order valence-corrected chi connectivity index (χ3v) is 4.25. The highest BCUT2D eigenvalue weighted by atomic mass is 19.1. The number of anilines is 1. The molecule has 2 aromatic carbocycles. The van der Waals surface area contributed by atoms with Gasteiger partial charge < -0.3 is 5.73 Å². The van der Waals surface area contributed by atoms with Gasteiger partial charge in [-0.1, -0.05) is 24.3 Å². The van der Waals surface area contributed by atoms with Crippen LogP contribution in [0.5, 0.6) is 0 Å². The highest BCUT2D eigenvalue weighted by Crippen LogP contribution is 2.34. The average Bonchev–Trinajstić information content (AvgIpc) is 2.50. The van der Waals surface area contributed by atoms with Crippen LogP contribution in [-0.4, -0.2) is 5.78 Å². The van der Waals surface area contributed by atoms with Crippen LogP contribution in [-0.2, 0) is 6.42 Å². The van der Waals surface area contributed by atoms with Crippen molar-refractivity contribution in [2.45, 2.75) is 31.6 Å². The van der Waals surface area contributed by atoms with Gasteiger partial charge in [0.05, 0.1) is 5.69 Å². The van der Waals surface area contributed by atoms with Gasteiger partial charge in [0.25, 0.3) is 0 Å². The molecule has 2 aromatic rings. The summed E-state index contributed by atoms with van der Waals surface area (Å²) in [5.41, 5.74) is 8.54. The standard InChI is InChI=1S/C18H18FNO/c19-16-10-14(8-9-17(16)20)18(21)11-13-6-3-5-12-4-1-2-7-15(12)13/h1-2,4,7-10,13H,3,5-6,11,20H2. The number of nitrogen functional groups attached to an aromatic ring is 1. The van der Waals surface area contributed by atoms with Crippen LogP contribution in [0.1, 0.15) is 46.7 Å². The van der Waals surface area contributed by atoms with Gasteiger partial charge in [0.2, 0.25) is 0 Å². The number of carbonyl (C=O) groups is 1. The molecule has 0 fully saturated rings. The van der Waals surface area contributed by atoms with Crippen LogP contribution >= 0.6 is 0 Å². The number of rotatable bonds is 3. The molecular formula is C18H18FNO. The van der Waals surface area contributed by atoms with Crippen molar-refractivity contribution in [3.8, 4) is 0 Å². The highest BCUT2D eigenvalue weighted by Gasteiger charge is 2.23. The van der Waals surface area contributed by atoms with Crippen LogP contribution in [0.15, 0.2) is 42.5 Å². The molecule has 1 unspecified atom stereocenters. The second-order valence-corrected chi connectivity index (χ2v) is 5.65. The number of hydrogen-bond donors (Lipinski definition) is 1. The molecule has 21 heavy (non-hydrogen) atoms. The van der Waals surface area contributed by atoms with Crippen LogP contribution in [0, 0.1) is 5.82 Å². The SMILES string of the molecule is Nc1ccc(C(=O)CC2CCCc3ccccc32)cc1F. The number of carbonyl (C=O) groups excluding carboxylic acids is 1. The Morgan fingerprint density at radius 2 is 2.05 bits per heavy atom. The Morgan fingerprint density at radius 3 is 2.86 bits per heavy atom. The fourth-order valence-corrected chi connectivity index (χ4v) is 3.11. The Labute approximate surface area is 123 Å². The molecule has 108 valence electrons. The molecule has 0 amide bonds. The number of Topliss-reactive ketones (excluding diaryl/α,β-unsaturated/α-hetero) is 1. The van der Waals surface area contributed by atoms with E-state index in [9.17, 15) is 9.18 Å². The zero-order valence-electron chi connectivity index (χ0n) is 11.8. The molecule has 3 rings (SSSR count). The zero-order chi connectivity index (χ0) is 14.8. The fourth-order valence-electron chi connectivity index (χ4n) is 3.11. The lowest BCUT2D eigenvalue weighted by Crippen LogP contribution is -2.14. The maximum absolute atomic E-state index is 13.5. The molecule has 0 spiro atoms. The summed E-state index contributed by atoms with van der Waals surface area (Å²) >= 11 is 0. The fraction of sp³-hybridized carbons (Fsp3) is 0.278. The number of benzene rings is 2. The largest absolute Gasteiger partial charge is 0.396 e. The lowest BCUT2D eigenvalue weighted by atomic mass is 9.79. The maximum Gasteiger partial charge on any atom is 0.163 e. The third kappa shape index (κ3) is 2.82. The summed E-state index contributed by atoms with van der Waals surface area (Å²) in [6, 6.07) is 12.6. The van der Waals surface area contributed by atoms with E-state index in [1.165, 1.54) is 23.3 Å². The van der Waals surface area contributed by atoms with E-state index in [-0.39, 0.29) is 17.4 Å². The van der Waals surface area contributed by atoms with Crippen molar-refractivity contribution in [1.29, 1.82) is 0 Å². The molecule has 0 saturated carbocycles. The normalized spacial score (nSPS) is 17.3. The molecule has 2 nitrogen and oxygen atoms in total. The molecule has 0 aliphatic heterocycles. The van der Waals surface area contributed by atoms with E-state index in [2.05, 4.69) is 12.1 Å². The molecule has 0 bridgehead atoms. The van der Waals surface area contributed by atoms with Crippen molar-refractivity contribution in [3.63, 3.8) is 0 Å². The van der Waals surface area contributed by atoms with Gasteiger partial charge in [-0.05, 0) is 54.5 Å². The number of halogens is 1. The van der Waals surface area contributed by atoms with Gasteiger partial charge in [0.15, 0.2) is 5.78 Å². The second kappa shape index (κ2) is 5.68. The van der Waals surface area contributed by atoms with Crippen LogP contribution in [0.25, 0.3) is 0 Å². The van der Waals surface area contributed by atoms with Gasteiger partial charge in [-0.2, -0.15) is 0 Å². The number of ketones is 1. The minimum Gasteiger partial charge on any atom is -0.396 e. The smallest absolute Gasteiger partial charge is 0.163 e. The Bertz CT molecular complexity index is 681. The van der Waals surface area contributed by atoms with E-state index in [0.29, 0.717) is 12.0 Å². The number of aryl methyl sites for hydroxylation is 1. The molecule has 0 heterocycles. The topological polar surface area (TPSA) is 43.1 Å². The highest BCUT2D eigenvalue weighted by molar-refractivity contribution is 5.96. The molecule has 0 aromatic heterocycles. The van der Waals surface area contributed by atoms with Gasteiger partial charge in [-0.3, -0.25) is 4.79 Å². The van der Waals surface area contributed by atoms with E-state index >= 15 is 0 Å². The van der Waals surface area contributed by atoms with Crippen LogP contribution in [0.3, 0.4) is 0 Å². The minimum atomic E-state index is -0.523. The summed E-state index contributed by atoms with van der Waals surface area (Å²) in [7, 11) is 0. The average molecular weight is 283 g/mol. The Balaban J connectivity index is 1.81. The van der Waals surface area contributed by atoms with Crippen LogP contribution in [0.4, 0.5) is 10.1 Å². The predicted molar refractivity (Wildman–Crippen MR) is 81.9 cm³/mol. The lowest BCUT2D eigenvalue weighted by Gasteiger charge is -2.25. The van der Waals surface area contributed by atoms with E-state index in [4.69, 9.17) is 5.73 Å². The van der Waals surface area contributed by atoms with Gasteiger partial charge in [-0.15, -0.1) is 0 Å². The number of fused-ring (bicyclic) bond motifs is 1. The quantitative estimate of drug-likeness (QED) is 0.680. The van der Waals surface area contributed by atoms with Crippen molar-refractivity contribution < 1.29 is 9.18 Å². The third-order valence-electron chi connectivity index (χ3n) is 4.25. The molecule has 1 aliphatic rings. The molecular weight excluding hydrogens is 265 g/mol. The van der Waals surface area contributed by atoms with Gasteiger partial charge in [0, 0.05) is 12.0 Å². The monoisotopic (exact) mass is 283 g/mol. The molecule has 0 radical (unpaired) electrons. The number of hydrogen-bond acceptors (Lipinski definition) is 2. The van der Waals surface area contributed by atoms with E-state index in [1.807, 2.05) is 12.1 Å². The molecule has 3 heteroatoms. The maximum atomic E-state index is 13.5. The van der Waals surface area contributed by atoms with E-state index < -0.39 is 5.82 Å². The van der Waals surface area contributed by atoms with Crippen molar-refractivity contribution >= 4 is 11.5 Å². The molecule has 1 aliphatic carbocycles. The van der Waals surface area contributed by atoms with Crippen molar-refractivity contribution in [2.75, 3.05) is 5.73 Å². The van der Waals surface area contributed by atoms with Gasteiger partial charge in [-0.25, -0.2) is 4.39 Å². The van der Waals surface area contributed by atoms with E-state index in [0.717, 1.165) is 19.3 Å². The first-order valence-electron chi connectivity index (χ1n) is 7.31. The van der Waals surface area contributed by atoms with Gasteiger partial charge in [0.1, 0.15) is 5.82 Å². The number of nitrogens with two attached hydrogens (primary N) is 1.